The van der Waals surface area contributed by atoms with Crippen LogP contribution in [0, 0.1) is 0 Å². The molecule has 0 aromatic heterocycles. The number of carbonyl (C=O) groups excluding carboxylic acids is 1. The highest BCUT2D eigenvalue weighted by molar-refractivity contribution is 7.62. The zero-order valence-electron chi connectivity index (χ0n) is 7.53. The van der Waals surface area contributed by atoms with Crippen molar-refractivity contribution in [3.63, 3.8) is 0 Å². The fourth-order valence-electron chi connectivity index (χ4n) is 1.09. The SMILES string of the molecule is C[C@H](NC(=O)[B]P)c1ccccc1. The number of nitrogens with one attached hydrogen (secondary N) is 1. The van der Waals surface area contributed by atoms with Crippen LogP contribution in [0.5, 0.6) is 0 Å². The molecule has 1 rings (SSSR count). The normalized spacial score (nSPS) is 11.8. The maximum absolute atomic E-state index is 11.0. The zero-order valence-corrected chi connectivity index (χ0v) is 8.68. The fourth-order valence-corrected chi connectivity index (χ4v) is 1.18. The van der Waals surface area contributed by atoms with Crippen molar-refractivity contribution < 1.29 is 4.79 Å². The number of hydrogen-bond acceptors (Lipinski definition) is 1. The van der Waals surface area contributed by atoms with Crippen LogP contribution in [0.25, 0.3) is 0 Å². The predicted molar refractivity (Wildman–Crippen MR) is 58.9 cm³/mol. The molecule has 0 bridgehead atoms. The first-order valence-corrected chi connectivity index (χ1v) is 4.81. The summed E-state index contributed by atoms with van der Waals surface area (Å²) < 4.78 is 0. The standard InChI is InChI=1S/C9H12BNOP/c1-7(11-9(12)10-13)8-5-3-2-4-6-8/h2-7H,13H2,1H3,(H,11,12)/t7-/m0/s1. The minimum absolute atomic E-state index is 0.0606. The van der Waals surface area contributed by atoms with Crippen molar-refractivity contribution in [3.8, 4) is 0 Å². The summed E-state index contributed by atoms with van der Waals surface area (Å²) in [5, 5.41) is 2.83. The monoisotopic (exact) mass is 192 g/mol. The summed E-state index contributed by atoms with van der Waals surface area (Å²) in [6.07, 6.45) is 0. The van der Waals surface area contributed by atoms with Gasteiger partial charge in [0.15, 0.2) is 5.81 Å². The molecule has 1 N–H and O–H groups in total. The van der Waals surface area contributed by atoms with Crippen molar-refractivity contribution in [2.75, 3.05) is 0 Å². The van der Waals surface area contributed by atoms with Crippen LogP contribution in [-0.2, 0) is 0 Å². The topological polar surface area (TPSA) is 29.1 Å². The lowest BCUT2D eigenvalue weighted by atomic mass is 10.0. The summed E-state index contributed by atoms with van der Waals surface area (Å²) in [5.74, 6) is -0.0682. The molecule has 67 valence electrons. The summed E-state index contributed by atoms with van der Waals surface area (Å²) in [6, 6.07) is 9.93. The van der Waals surface area contributed by atoms with Gasteiger partial charge in [-0.3, -0.25) is 4.79 Å². The van der Waals surface area contributed by atoms with E-state index in [2.05, 4.69) is 14.4 Å². The quantitative estimate of drug-likeness (QED) is 0.575. The Hall–Kier alpha value is -0.815. The molecule has 0 spiro atoms. The number of amides is 1. The zero-order chi connectivity index (χ0) is 9.68. The van der Waals surface area contributed by atoms with Gasteiger partial charge in [-0.15, -0.1) is 0 Å². The van der Waals surface area contributed by atoms with Gasteiger partial charge in [-0.2, -0.15) is 9.12 Å². The molecule has 1 radical (unpaired) electrons. The molecule has 1 unspecified atom stereocenters. The molecular formula is C9H12BNOP. The number of benzene rings is 1. The third kappa shape index (κ3) is 3.20. The van der Waals surface area contributed by atoms with Gasteiger partial charge in [0.05, 0.1) is 6.04 Å². The summed E-state index contributed by atoms with van der Waals surface area (Å²) in [4.78, 5) is 11.0. The van der Waals surface area contributed by atoms with Crippen molar-refractivity contribution in [3.05, 3.63) is 35.9 Å². The molecule has 0 aliphatic carbocycles. The van der Waals surface area contributed by atoms with Crippen molar-refractivity contribution in [1.29, 1.82) is 0 Å². The Kier molecular flexibility index (Phi) is 3.97. The van der Waals surface area contributed by atoms with Crippen LogP contribution in [0.1, 0.15) is 18.5 Å². The maximum atomic E-state index is 11.0. The molecule has 1 amide bonds. The Morgan fingerprint density at radius 1 is 1.46 bits per heavy atom. The predicted octanol–water partition coefficient (Wildman–Crippen LogP) is 1.95. The van der Waals surface area contributed by atoms with Gasteiger partial charge in [0, 0.05) is 0 Å². The van der Waals surface area contributed by atoms with E-state index < -0.39 is 0 Å². The molecular weight excluding hydrogens is 180 g/mol. The Balaban J connectivity index is 2.59. The van der Waals surface area contributed by atoms with E-state index in [1.165, 1.54) is 7.00 Å². The summed E-state index contributed by atoms with van der Waals surface area (Å²) in [5.41, 5.74) is 1.11. The average Bonchev–Trinajstić information content (AvgIpc) is 2.19. The van der Waals surface area contributed by atoms with Crippen LogP contribution >= 0.6 is 9.12 Å². The first kappa shape index (κ1) is 10.3. The van der Waals surface area contributed by atoms with E-state index in [4.69, 9.17) is 0 Å². The second-order valence-corrected chi connectivity index (χ2v) is 3.14. The molecule has 0 heterocycles. The van der Waals surface area contributed by atoms with Gasteiger partial charge < -0.3 is 5.32 Å². The highest BCUT2D eigenvalue weighted by Crippen LogP contribution is 2.10. The number of rotatable bonds is 3. The van der Waals surface area contributed by atoms with Crippen molar-refractivity contribution in [2.45, 2.75) is 13.0 Å². The molecule has 0 saturated carbocycles. The Morgan fingerprint density at radius 3 is 2.62 bits per heavy atom. The molecule has 13 heavy (non-hydrogen) atoms. The van der Waals surface area contributed by atoms with Crippen LogP contribution in [-0.4, -0.2) is 12.8 Å². The number of carbonyl (C=O) groups is 1. The van der Waals surface area contributed by atoms with E-state index in [0.717, 1.165) is 5.56 Å². The first-order chi connectivity index (χ1) is 6.24. The van der Waals surface area contributed by atoms with Crippen LogP contribution in [0.3, 0.4) is 0 Å². The molecule has 4 heteroatoms. The van der Waals surface area contributed by atoms with E-state index in [1.807, 2.05) is 37.3 Å². The van der Waals surface area contributed by atoms with E-state index in [-0.39, 0.29) is 11.8 Å². The van der Waals surface area contributed by atoms with Gasteiger partial charge in [0.25, 0.3) is 7.00 Å². The van der Waals surface area contributed by atoms with E-state index >= 15 is 0 Å². The van der Waals surface area contributed by atoms with Crippen molar-refractivity contribution in [2.24, 2.45) is 0 Å². The smallest absolute Gasteiger partial charge is 0.259 e. The lowest BCUT2D eigenvalue weighted by Gasteiger charge is -2.13. The lowest BCUT2D eigenvalue weighted by Crippen LogP contribution is -2.27. The Labute approximate surface area is 81.5 Å². The number of hydrogen-bond donors (Lipinski definition) is 1. The van der Waals surface area contributed by atoms with Gasteiger partial charge in [-0.1, -0.05) is 30.3 Å². The fraction of sp³-hybridized carbons (Fsp3) is 0.222. The largest absolute Gasteiger partial charge is 0.358 e. The third-order valence-electron chi connectivity index (χ3n) is 1.81. The Morgan fingerprint density at radius 2 is 2.08 bits per heavy atom. The second-order valence-electron chi connectivity index (χ2n) is 2.81. The van der Waals surface area contributed by atoms with Crippen LogP contribution in [0.2, 0.25) is 0 Å². The van der Waals surface area contributed by atoms with Crippen molar-refractivity contribution in [1.82, 2.24) is 5.32 Å². The third-order valence-corrected chi connectivity index (χ3v) is 2.11. The first-order valence-electron chi connectivity index (χ1n) is 4.14. The van der Waals surface area contributed by atoms with Gasteiger partial charge in [0.1, 0.15) is 0 Å². The Bertz CT molecular complexity index is 278. The lowest BCUT2D eigenvalue weighted by molar-refractivity contribution is 0.257. The molecule has 2 nitrogen and oxygen atoms in total. The van der Waals surface area contributed by atoms with Gasteiger partial charge in [-0.05, 0) is 12.5 Å². The summed E-state index contributed by atoms with van der Waals surface area (Å²) in [7, 11) is 2.28. The molecule has 0 fully saturated rings. The molecule has 2 atom stereocenters. The van der Waals surface area contributed by atoms with E-state index in [0.29, 0.717) is 0 Å². The van der Waals surface area contributed by atoms with Gasteiger partial charge in [-0.25, -0.2) is 0 Å². The maximum Gasteiger partial charge on any atom is 0.259 e. The molecule has 0 aliphatic heterocycles. The molecule has 1 aromatic rings. The molecule has 0 aliphatic rings. The highest BCUT2D eigenvalue weighted by atomic mass is 31.0. The van der Waals surface area contributed by atoms with Crippen molar-refractivity contribution >= 4 is 21.9 Å². The summed E-state index contributed by atoms with van der Waals surface area (Å²) >= 11 is 0. The average molecular weight is 192 g/mol. The highest BCUT2D eigenvalue weighted by Gasteiger charge is 2.06. The van der Waals surface area contributed by atoms with E-state index in [1.54, 1.807) is 0 Å². The van der Waals surface area contributed by atoms with Crippen LogP contribution in [0.4, 0.5) is 4.79 Å². The van der Waals surface area contributed by atoms with E-state index in [9.17, 15) is 4.79 Å². The van der Waals surface area contributed by atoms with Crippen LogP contribution < -0.4 is 5.32 Å². The van der Waals surface area contributed by atoms with Crippen LogP contribution in [0.15, 0.2) is 30.3 Å². The van der Waals surface area contributed by atoms with Gasteiger partial charge >= 0.3 is 0 Å². The molecule has 1 aromatic carbocycles. The second kappa shape index (κ2) is 5.03. The minimum Gasteiger partial charge on any atom is -0.358 e. The van der Waals surface area contributed by atoms with Gasteiger partial charge in [0.2, 0.25) is 0 Å². The molecule has 0 saturated heterocycles. The minimum atomic E-state index is -0.0682. The summed E-state index contributed by atoms with van der Waals surface area (Å²) in [6.45, 7) is 3.40.